The minimum absolute atomic E-state index is 0.241. The van der Waals surface area contributed by atoms with Crippen LogP contribution in [0.2, 0.25) is 0 Å². The first kappa shape index (κ1) is 11.4. The van der Waals surface area contributed by atoms with Crippen molar-refractivity contribution in [2.75, 3.05) is 0 Å². The molecule has 0 bridgehead atoms. The predicted molar refractivity (Wildman–Crippen MR) is 46.4 cm³/mol. The van der Waals surface area contributed by atoms with Gasteiger partial charge in [0.15, 0.2) is 0 Å². The van der Waals surface area contributed by atoms with Crippen LogP contribution in [0.3, 0.4) is 0 Å². The van der Waals surface area contributed by atoms with Crippen molar-refractivity contribution >= 4 is 6.29 Å². The van der Waals surface area contributed by atoms with Gasteiger partial charge in [-0.2, -0.15) is 13.2 Å². The molecule has 0 aliphatic carbocycles. The largest absolute Gasteiger partial charge is 0.418 e. The van der Waals surface area contributed by atoms with E-state index in [9.17, 15) is 22.9 Å². The summed E-state index contributed by atoms with van der Waals surface area (Å²) in [6.07, 6.45) is -4.20. The molecule has 6 heteroatoms. The number of aldehydes is 1. The van der Waals surface area contributed by atoms with E-state index < -0.39 is 12.2 Å². The lowest BCUT2D eigenvalue weighted by Crippen LogP contribution is -2.18. The molecular weight excluding hydrogens is 211 g/mol. The van der Waals surface area contributed by atoms with Gasteiger partial charge in [-0.3, -0.25) is 4.79 Å². The number of carbonyl (C=O) groups excluding carboxylic acids is 1. The molecule has 0 heterocycles. The zero-order valence-electron chi connectivity index (χ0n) is 7.36. The standard InChI is InChI=1S/C9H6F3NO2/c10-9(11,12)8(13-15)7-3-1-6(5-14)2-4-7/h1-5,8H. The van der Waals surface area contributed by atoms with Crippen LogP contribution in [0.15, 0.2) is 29.4 Å². The van der Waals surface area contributed by atoms with Crippen LogP contribution in [0.5, 0.6) is 0 Å². The Balaban J connectivity index is 3.03. The average molecular weight is 217 g/mol. The molecule has 3 nitrogen and oxygen atoms in total. The number of alkyl halides is 3. The number of hydrogen-bond donors (Lipinski definition) is 0. The van der Waals surface area contributed by atoms with Crippen LogP contribution in [0.4, 0.5) is 13.2 Å². The summed E-state index contributed by atoms with van der Waals surface area (Å²) in [5.41, 5.74) is -0.0336. The molecule has 0 fully saturated rings. The highest BCUT2D eigenvalue weighted by atomic mass is 19.4. The number of halogens is 3. The third kappa shape index (κ3) is 2.61. The molecule has 0 saturated heterocycles. The smallest absolute Gasteiger partial charge is 0.298 e. The van der Waals surface area contributed by atoms with Gasteiger partial charge in [-0.15, -0.1) is 4.91 Å². The van der Waals surface area contributed by atoms with E-state index in [1.54, 1.807) is 0 Å². The monoisotopic (exact) mass is 217 g/mol. The maximum absolute atomic E-state index is 12.2. The van der Waals surface area contributed by atoms with Gasteiger partial charge in [0.2, 0.25) is 6.04 Å². The summed E-state index contributed by atoms with van der Waals surface area (Å²) in [7, 11) is 0. The normalized spacial score (nSPS) is 13.3. The van der Waals surface area contributed by atoms with Gasteiger partial charge in [0, 0.05) is 5.56 Å². The second-order valence-electron chi connectivity index (χ2n) is 2.83. The van der Waals surface area contributed by atoms with E-state index in [2.05, 4.69) is 0 Å². The summed E-state index contributed by atoms with van der Waals surface area (Å²) >= 11 is 0. The van der Waals surface area contributed by atoms with Crippen LogP contribution in [0.1, 0.15) is 22.0 Å². The van der Waals surface area contributed by atoms with E-state index in [0.29, 0.717) is 6.29 Å². The van der Waals surface area contributed by atoms with Gasteiger partial charge in [-0.25, -0.2) is 0 Å². The van der Waals surface area contributed by atoms with Crippen molar-refractivity contribution < 1.29 is 18.0 Å². The molecule has 1 unspecified atom stereocenters. The summed E-state index contributed by atoms with van der Waals surface area (Å²) in [4.78, 5) is 20.3. The molecule has 15 heavy (non-hydrogen) atoms. The molecule has 1 aromatic carbocycles. The zero-order chi connectivity index (χ0) is 11.5. The van der Waals surface area contributed by atoms with E-state index in [-0.39, 0.29) is 11.1 Å². The molecule has 0 radical (unpaired) electrons. The zero-order valence-corrected chi connectivity index (χ0v) is 7.36. The van der Waals surface area contributed by atoms with E-state index >= 15 is 0 Å². The van der Waals surface area contributed by atoms with Gasteiger partial charge in [0.1, 0.15) is 6.29 Å². The molecule has 1 aromatic rings. The molecule has 0 N–H and O–H groups in total. The quantitative estimate of drug-likeness (QED) is 0.577. The molecule has 0 aromatic heterocycles. The van der Waals surface area contributed by atoms with Crippen molar-refractivity contribution in [3.05, 3.63) is 40.3 Å². The van der Waals surface area contributed by atoms with E-state index in [1.807, 2.05) is 5.18 Å². The van der Waals surface area contributed by atoms with Crippen molar-refractivity contribution in [3.63, 3.8) is 0 Å². The second-order valence-corrected chi connectivity index (χ2v) is 2.83. The molecule has 0 aliphatic rings. The molecular formula is C9H6F3NO2. The Morgan fingerprint density at radius 1 is 1.20 bits per heavy atom. The molecule has 1 atom stereocenters. The topological polar surface area (TPSA) is 46.5 Å². The molecule has 0 saturated carbocycles. The molecule has 0 spiro atoms. The van der Waals surface area contributed by atoms with Crippen molar-refractivity contribution in [2.24, 2.45) is 5.18 Å². The van der Waals surface area contributed by atoms with Crippen molar-refractivity contribution in [2.45, 2.75) is 12.2 Å². The first-order chi connectivity index (χ1) is 6.99. The van der Waals surface area contributed by atoms with Crippen LogP contribution in [0.25, 0.3) is 0 Å². The number of hydrogen-bond acceptors (Lipinski definition) is 3. The summed E-state index contributed by atoms with van der Waals surface area (Å²) in [6.45, 7) is 0. The fourth-order valence-electron chi connectivity index (χ4n) is 1.07. The van der Waals surface area contributed by atoms with Crippen LogP contribution in [0, 0.1) is 4.91 Å². The summed E-state index contributed by atoms with van der Waals surface area (Å²) in [6, 6.07) is 2.14. The number of carbonyl (C=O) groups is 1. The predicted octanol–water partition coefficient (Wildman–Crippen LogP) is 2.87. The Bertz CT molecular complexity index is 359. The van der Waals surface area contributed by atoms with E-state index in [1.165, 1.54) is 12.1 Å². The first-order valence-corrected chi connectivity index (χ1v) is 3.93. The Morgan fingerprint density at radius 2 is 1.73 bits per heavy atom. The molecule has 1 rings (SSSR count). The molecule has 0 aliphatic heterocycles. The number of nitroso groups, excluding NO2 is 1. The Labute approximate surface area is 82.9 Å². The lowest BCUT2D eigenvalue weighted by molar-refractivity contribution is -0.148. The highest BCUT2D eigenvalue weighted by Crippen LogP contribution is 2.35. The number of rotatable bonds is 3. The Morgan fingerprint density at radius 3 is 2.07 bits per heavy atom. The molecule has 80 valence electrons. The summed E-state index contributed by atoms with van der Waals surface area (Å²) < 4.78 is 36.7. The van der Waals surface area contributed by atoms with Crippen LogP contribution < -0.4 is 0 Å². The lowest BCUT2D eigenvalue weighted by Gasteiger charge is -2.12. The number of benzene rings is 1. The van der Waals surface area contributed by atoms with Crippen molar-refractivity contribution in [1.82, 2.24) is 0 Å². The van der Waals surface area contributed by atoms with Crippen LogP contribution in [-0.2, 0) is 0 Å². The van der Waals surface area contributed by atoms with Crippen molar-refractivity contribution in [1.29, 1.82) is 0 Å². The summed E-state index contributed by atoms with van der Waals surface area (Å²) in [5.74, 6) is 0. The van der Waals surface area contributed by atoms with Crippen molar-refractivity contribution in [3.8, 4) is 0 Å². The fraction of sp³-hybridized carbons (Fsp3) is 0.222. The van der Waals surface area contributed by atoms with E-state index in [4.69, 9.17) is 0 Å². The van der Waals surface area contributed by atoms with Gasteiger partial charge in [-0.05, 0) is 5.56 Å². The maximum Gasteiger partial charge on any atom is 0.418 e. The van der Waals surface area contributed by atoms with Crippen LogP contribution >= 0.6 is 0 Å². The maximum atomic E-state index is 12.2. The van der Waals surface area contributed by atoms with Gasteiger partial charge >= 0.3 is 6.18 Å². The van der Waals surface area contributed by atoms with Crippen LogP contribution in [-0.4, -0.2) is 12.5 Å². The highest BCUT2D eigenvalue weighted by Gasteiger charge is 2.42. The fourth-order valence-corrected chi connectivity index (χ4v) is 1.07. The van der Waals surface area contributed by atoms with Gasteiger partial charge in [0.05, 0.1) is 0 Å². The SMILES string of the molecule is O=Cc1ccc(C(N=O)C(F)(F)F)cc1. The first-order valence-electron chi connectivity index (χ1n) is 3.93. The van der Waals surface area contributed by atoms with Gasteiger partial charge in [0.25, 0.3) is 0 Å². The van der Waals surface area contributed by atoms with Gasteiger partial charge < -0.3 is 0 Å². The Kier molecular flexibility index (Phi) is 3.18. The number of nitrogens with zero attached hydrogens (tertiary/aromatic N) is 1. The highest BCUT2D eigenvalue weighted by molar-refractivity contribution is 5.74. The lowest BCUT2D eigenvalue weighted by atomic mass is 10.1. The summed E-state index contributed by atoms with van der Waals surface area (Å²) in [5, 5.41) is 2.02. The third-order valence-corrected chi connectivity index (χ3v) is 1.80. The molecule has 0 amide bonds. The Hall–Kier alpha value is -1.72. The minimum Gasteiger partial charge on any atom is -0.298 e. The third-order valence-electron chi connectivity index (χ3n) is 1.80. The minimum atomic E-state index is -4.70. The second kappa shape index (κ2) is 4.20. The average Bonchev–Trinajstić information content (AvgIpc) is 2.18. The van der Waals surface area contributed by atoms with E-state index in [0.717, 1.165) is 12.1 Å². The van der Waals surface area contributed by atoms with Gasteiger partial charge in [-0.1, -0.05) is 29.4 Å².